The van der Waals surface area contributed by atoms with E-state index in [9.17, 15) is 24.6 Å². The molecule has 1 heterocycles. The largest absolute Gasteiger partial charge is 0.480 e. The van der Waals surface area contributed by atoms with Gasteiger partial charge in [-0.05, 0) is 46.1 Å². The summed E-state index contributed by atoms with van der Waals surface area (Å²) in [6, 6.07) is 7.69. The Balaban J connectivity index is 2.25. The summed E-state index contributed by atoms with van der Waals surface area (Å²) < 4.78 is 5.41. The van der Waals surface area contributed by atoms with Crippen molar-refractivity contribution in [1.82, 2.24) is 10.2 Å². The summed E-state index contributed by atoms with van der Waals surface area (Å²) in [6.45, 7) is 7.28. The molecule has 8 heteroatoms. The molecule has 3 N–H and O–H groups in total. The number of nitrogens with one attached hydrogen (secondary N) is 1. The second-order valence-corrected chi connectivity index (χ2v) is 8.45. The lowest BCUT2D eigenvalue weighted by atomic mass is 9.71. The van der Waals surface area contributed by atoms with E-state index in [2.05, 4.69) is 5.32 Å². The number of nitrogens with zero attached hydrogens (tertiary/aromatic N) is 1. The number of aliphatic carboxylic acids is 1. The summed E-state index contributed by atoms with van der Waals surface area (Å²) >= 11 is 0. The molecule has 8 nitrogen and oxygen atoms in total. The van der Waals surface area contributed by atoms with E-state index in [1.165, 1.54) is 6.92 Å². The van der Waals surface area contributed by atoms with E-state index in [1.807, 2.05) is 30.3 Å². The van der Waals surface area contributed by atoms with Crippen LogP contribution < -0.4 is 5.32 Å². The number of ether oxygens (including phenoxy) is 1. The van der Waals surface area contributed by atoms with Crippen LogP contribution in [0.4, 0.5) is 4.79 Å². The number of hydrogen-bond donors (Lipinski definition) is 3. The molecular formula is C21H30N2O6. The summed E-state index contributed by atoms with van der Waals surface area (Å²) in [5, 5.41) is 21.6. The number of amides is 2. The topological polar surface area (TPSA) is 116 Å². The summed E-state index contributed by atoms with van der Waals surface area (Å²) in [7, 11) is 0. The van der Waals surface area contributed by atoms with E-state index in [0.29, 0.717) is 25.9 Å². The van der Waals surface area contributed by atoms with Gasteiger partial charge in [-0.1, -0.05) is 30.3 Å². The average molecular weight is 406 g/mol. The Morgan fingerprint density at radius 1 is 1.14 bits per heavy atom. The van der Waals surface area contributed by atoms with Gasteiger partial charge >= 0.3 is 12.1 Å². The SMILES string of the molecule is CC(O)[C@@H](NC(=O)C1(c2ccccc2)CCN(C(=O)OC(C)(C)C)CC1)C(=O)O. The second-order valence-electron chi connectivity index (χ2n) is 8.45. The zero-order chi connectivity index (χ0) is 21.8. The Labute approximate surface area is 170 Å². The fourth-order valence-corrected chi connectivity index (χ4v) is 3.47. The number of aliphatic hydroxyl groups excluding tert-OH is 1. The van der Waals surface area contributed by atoms with Crippen LogP contribution in [0, 0.1) is 0 Å². The fraction of sp³-hybridized carbons (Fsp3) is 0.571. The van der Waals surface area contributed by atoms with Gasteiger partial charge in [0.05, 0.1) is 11.5 Å². The van der Waals surface area contributed by atoms with Crippen molar-refractivity contribution >= 4 is 18.0 Å². The molecule has 0 bridgehead atoms. The zero-order valence-electron chi connectivity index (χ0n) is 17.3. The molecule has 1 aliphatic rings. The first-order chi connectivity index (χ1) is 13.5. The molecule has 160 valence electrons. The van der Waals surface area contributed by atoms with Crippen molar-refractivity contribution in [2.45, 2.75) is 63.7 Å². The quantitative estimate of drug-likeness (QED) is 0.688. The maximum atomic E-state index is 13.2. The number of rotatable bonds is 5. The Kier molecular flexibility index (Phi) is 6.89. The van der Waals surface area contributed by atoms with Crippen molar-refractivity contribution in [3.63, 3.8) is 0 Å². The first kappa shape index (κ1) is 22.7. The molecule has 0 spiro atoms. The van der Waals surface area contributed by atoms with Crippen LogP contribution in [0.3, 0.4) is 0 Å². The van der Waals surface area contributed by atoms with Gasteiger partial charge in [0.2, 0.25) is 5.91 Å². The molecule has 0 radical (unpaired) electrons. The summed E-state index contributed by atoms with van der Waals surface area (Å²) in [5.74, 6) is -1.77. The molecule has 1 unspecified atom stereocenters. The van der Waals surface area contributed by atoms with Crippen LogP contribution in [0.15, 0.2) is 30.3 Å². The van der Waals surface area contributed by atoms with E-state index in [1.54, 1.807) is 25.7 Å². The van der Waals surface area contributed by atoms with Crippen molar-refractivity contribution in [3.05, 3.63) is 35.9 Å². The van der Waals surface area contributed by atoms with Crippen molar-refractivity contribution in [3.8, 4) is 0 Å². The molecule has 2 rings (SSSR count). The highest BCUT2D eigenvalue weighted by atomic mass is 16.6. The Hall–Kier alpha value is -2.61. The summed E-state index contributed by atoms with van der Waals surface area (Å²) in [5.41, 5.74) is -0.868. The van der Waals surface area contributed by atoms with E-state index >= 15 is 0 Å². The van der Waals surface area contributed by atoms with Crippen molar-refractivity contribution in [2.24, 2.45) is 0 Å². The molecule has 1 aliphatic heterocycles. The molecule has 1 aromatic rings. The number of likely N-dealkylation sites (tertiary alicyclic amines) is 1. The number of hydrogen-bond acceptors (Lipinski definition) is 5. The van der Waals surface area contributed by atoms with Crippen LogP contribution in [-0.2, 0) is 19.7 Å². The number of carboxylic acids is 1. The van der Waals surface area contributed by atoms with Gasteiger partial charge in [-0.2, -0.15) is 0 Å². The first-order valence-corrected chi connectivity index (χ1v) is 9.71. The zero-order valence-corrected chi connectivity index (χ0v) is 17.3. The van der Waals surface area contributed by atoms with Gasteiger partial charge in [0, 0.05) is 13.1 Å². The number of carboxylic acid groups (broad SMARTS) is 1. The number of carbonyl (C=O) groups excluding carboxylic acids is 2. The van der Waals surface area contributed by atoms with E-state index in [4.69, 9.17) is 4.74 Å². The van der Waals surface area contributed by atoms with Crippen LogP contribution in [0.2, 0.25) is 0 Å². The lowest BCUT2D eigenvalue weighted by Gasteiger charge is -2.41. The third-order valence-corrected chi connectivity index (χ3v) is 5.06. The molecule has 2 amide bonds. The van der Waals surface area contributed by atoms with Crippen LogP contribution in [0.5, 0.6) is 0 Å². The van der Waals surface area contributed by atoms with E-state index in [0.717, 1.165) is 5.56 Å². The lowest BCUT2D eigenvalue weighted by molar-refractivity contribution is -0.146. The predicted octanol–water partition coefficient (Wildman–Crippen LogP) is 1.91. The van der Waals surface area contributed by atoms with Gasteiger partial charge in [0.1, 0.15) is 5.60 Å². The molecule has 0 aromatic heterocycles. The minimum absolute atomic E-state index is 0.295. The van der Waals surface area contributed by atoms with Gasteiger partial charge in [-0.15, -0.1) is 0 Å². The van der Waals surface area contributed by atoms with Crippen LogP contribution in [0.1, 0.15) is 46.1 Å². The van der Waals surface area contributed by atoms with Crippen LogP contribution in [0.25, 0.3) is 0 Å². The highest BCUT2D eigenvalue weighted by Crippen LogP contribution is 2.36. The number of benzene rings is 1. The second kappa shape index (κ2) is 8.82. The molecule has 0 saturated carbocycles. The summed E-state index contributed by atoms with van der Waals surface area (Å²) in [4.78, 5) is 38.6. The van der Waals surface area contributed by atoms with Gasteiger partial charge < -0.3 is 25.2 Å². The third-order valence-electron chi connectivity index (χ3n) is 5.06. The maximum Gasteiger partial charge on any atom is 0.410 e. The highest BCUT2D eigenvalue weighted by molar-refractivity contribution is 5.92. The monoisotopic (exact) mass is 406 g/mol. The predicted molar refractivity (Wildman–Crippen MR) is 106 cm³/mol. The van der Waals surface area contributed by atoms with E-state index in [-0.39, 0.29) is 0 Å². The highest BCUT2D eigenvalue weighted by Gasteiger charge is 2.45. The smallest absolute Gasteiger partial charge is 0.410 e. The molecule has 1 aromatic carbocycles. The average Bonchev–Trinajstić information content (AvgIpc) is 2.64. The van der Waals surface area contributed by atoms with Crippen LogP contribution in [-0.4, -0.2) is 63.9 Å². The van der Waals surface area contributed by atoms with Gasteiger partial charge in [0.15, 0.2) is 6.04 Å². The number of piperidine rings is 1. The fourth-order valence-electron chi connectivity index (χ4n) is 3.47. The molecule has 2 atom stereocenters. The number of carbonyl (C=O) groups is 3. The molecule has 0 aliphatic carbocycles. The normalized spacial score (nSPS) is 18.4. The van der Waals surface area contributed by atoms with Gasteiger partial charge in [0.25, 0.3) is 0 Å². The standard InChI is InChI=1S/C21H30N2O6/c1-14(24)16(17(25)26)22-18(27)21(15-8-6-5-7-9-15)10-12-23(13-11-21)19(28)29-20(2,3)4/h5-9,14,16,24H,10-13H2,1-4H3,(H,22,27)(H,25,26)/t14?,16-/m1/s1. The number of aliphatic hydroxyl groups is 1. The Morgan fingerprint density at radius 3 is 2.14 bits per heavy atom. The molecule has 29 heavy (non-hydrogen) atoms. The minimum Gasteiger partial charge on any atom is -0.480 e. The Morgan fingerprint density at radius 2 is 1.69 bits per heavy atom. The van der Waals surface area contributed by atoms with Crippen molar-refractivity contribution < 1.29 is 29.3 Å². The maximum absolute atomic E-state index is 13.2. The van der Waals surface area contributed by atoms with Crippen LogP contribution >= 0.6 is 0 Å². The van der Waals surface area contributed by atoms with Gasteiger partial charge in [-0.3, -0.25) is 4.79 Å². The third kappa shape index (κ3) is 5.47. The summed E-state index contributed by atoms with van der Waals surface area (Å²) in [6.07, 6.45) is -1.05. The molecule has 1 saturated heterocycles. The molecule has 1 fully saturated rings. The van der Waals surface area contributed by atoms with Gasteiger partial charge in [-0.25, -0.2) is 9.59 Å². The Bertz CT molecular complexity index is 733. The van der Waals surface area contributed by atoms with Crippen molar-refractivity contribution in [1.29, 1.82) is 0 Å². The van der Waals surface area contributed by atoms with Crippen molar-refractivity contribution in [2.75, 3.05) is 13.1 Å². The van der Waals surface area contributed by atoms with E-state index < -0.39 is 41.1 Å². The minimum atomic E-state index is -1.41. The lowest BCUT2D eigenvalue weighted by Crippen LogP contribution is -2.58. The molecular weight excluding hydrogens is 376 g/mol. The first-order valence-electron chi connectivity index (χ1n) is 9.71.